The van der Waals surface area contributed by atoms with Gasteiger partial charge in [-0.15, -0.1) is 0 Å². The summed E-state index contributed by atoms with van der Waals surface area (Å²) < 4.78 is 9.88. The zero-order valence-electron chi connectivity index (χ0n) is 7.16. The Hall–Kier alpha value is -0.810. The molecule has 0 saturated carbocycles. The summed E-state index contributed by atoms with van der Waals surface area (Å²) in [7, 11) is 1.97. The van der Waals surface area contributed by atoms with Crippen LogP contribution in [0.5, 0.6) is 0 Å². The fourth-order valence-electron chi connectivity index (χ4n) is 1.09. The van der Waals surface area contributed by atoms with Gasteiger partial charge in [-0.05, 0) is 7.05 Å². The molecule has 1 fully saturated rings. The number of carbonyl (C=O) groups excluding carboxylic acids is 1. The summed E-state index contributed by atoms with van der Waals surface area (Å²) in [6, 6.07) is 0.145. The molecule has 70 valence electrons. The zero-order valence-corrected chi connectivity index (χ0v) is 7.16. The molecule has 1 aliphatic heterocycles. The van der Waals surface area contributed by atoms with Crippen LogP contribution in [0.3, 0.4) is 0 Å². The van der Waals surface area contributed by atoms with Gasteiger partial charge in [-0.25, -0.2) is 4.79 Å². The molecule has 1 atom stereocenters. The van der Waals surface area contributed by atoms with Gasteiger partial charge < -0.3 is 15.2 Å². The molecule has 2 N–H and O–H groups in total. The molecule has 1 saturated heterocycles. The number of rotatable bonds is 2. The van der Waals surface area contributed by atoms with Crippen LogP contribution in [0.4, 0.5) is 4.79 Å². The van der Waals surface area contributed by atoms with Gasteiger partial charge in [0.25, 0.3) is 0 Å². The Morgan fingerprint density at radius 1 is 1.83 bits per heavy atom. The van der Waals surface area contributed by atoms with E-state index in [-0.39, 0.29) is 6.04 Å². The van der Waals surface area contributed by atoms with E-state index in [0.717, 1.165) is 13.2 Å². The first-order chi connectivity index (χ1) is 5.70. The van der Waals surface area contributed by atoms with Gasteiger partial charge in [-0.1, -0.05) is 0 Å². The van der Waals surface area contributed by atoms with Crippen LogP contribution in [0.2, 0.25) is 0 Å². The lowest BCUT2D eigenvalue weighted by atomic mass is 10.2. The Kier molecular flexibility index (Phi) is 3.31. The SMILES string of the molecule is CN1CCOCC1COC(N)=O. The van der Waals surface area contributed by atoms with Crippen molar-refractivity contribution in [2.24, 2.45) is 5.73 Å². The molecule has 1 rings (SSSR count). The number of hydrogen-bond donors (Lipinski definition) is 1. The third-order valence-corrected chi connectivity index (χ3v) is 1.94. The van der Waals surface area contributed by atoms with Crippen molar-refractivity contribution in [3.8, 4) is 0 Å². The predicted molar refractivity (Wildman–Crippen MR) is 42.8 cm³/mol. The number of likely N-dealkylation sites (N-methyl/N-ethyl adjacent to an activating group) is 1. The number of primary amides is 1. The molecule has 0 aromatic rings. The normalized spacial score (nSPS) is 25.2. The molecule has 1 unspecified atom stereocenters. The molecule has 1 amide bonds. The van der Waals surface area contributed by atoms with E-state index in [1.54, 1.807) is 0 Å². The molecular weight excluding hydrogens is 160 g/mol. The monoisotopic (exact) mass is 174 g/mol. The Balaban J connectivity index is 2.24. The minimum atomic E-state index is -0.728. The number of amides is 1. The number of morpholine rings is 1. The number of nitrogens with two attached hydrogens (primary N) is 1. The summed E-state index contributed by atoms with van der Waals surface area (Å²) in [4.78, 5) is 12.4. The van der Waals surface area contributed by atoms with Crippen molar-refractivity contribution >= 4 is 6.09 Å². The summed E-state index contributed by atoms with van der Waals surface area (Å²) in [5.74, 6) is 0. The molecule has 5 heteroatoms. The average Bonchev–Trinajstić information content (AvgIpc) is 2.03. The van der Waals surface area contributed by atoms with Gasteiger partial charge in [-0.2, -0.15) is 0 Å². The quantitative estimate of drug-likeness (QED) is 0.608. The van der Waals surface area contributed by atoms with E-state index in [9.17, 15) is 4.79 Å². The highest BCUT2D eigenvalue weighted by atomic mass is 16.5. The number of ether oxygens (including phenoxy) is 2. The molecule has 0 bridgehead atoms. The standard InChI is InChI=1S/C7H14N2O3/c1-9-2-3-11-4-6(9)5-12-7(8)10/h6H,2-5H2,1H3,(H2,8,10). The van der Waals surface area contributed by atoms with E-state index < -0.39 is 6.09 Å². The Morgan fingerprint density at radius 3 is 3.17 bits per heavy atom. The van der Waals surface area contributed by atoms with Gasteiger partial charge in [0.1, 0.15) is 6.61 Å². The maximum atomic E-state index is 10.3. The number of nitrogens with zero attached hydrogens (tertiary/aromatic N) is 1. The fourth-order valence-corrected chi connectivity index (χ4v) is 1.09. The lowest BCUT2D eigenvalue weighted by Crippen LogP contribution is -2.46. The van der Waals surface area contributed by atoms with E-state index >= 15 is 0 Å². The summed E-state index contributed by atoms with van der Waals surface area (Å²) in [6.45, 7) is 2.52. The van der Waals surface area contributed by atoms with Crippen molar-refractivity contribution in [3.63, 3.8) is 0 Å². The minimum Gasteiger partial charge on any atom is -0.448 e. The molecule has 5 nitrogen and oxygen atoms in total. The smallest absolute Gasteiger partial charge is 0.404 e. The van der Waals surface area contributed by atoms with Crippen LogP contribution >= 0.6 is 0 Å². The van der Waals surface area contributed by atoms with Gasteiger partial charge in [0.2, 0.25) is 0 Å². The second-order valence-corrected chi connectivity index (χ2v) is 2.84. The summed E-state index contributed by atoms with van der Waals surface area (Å²) in [6.07, 6.45) is -0.728. The van der Waals surface area contributed by atoms with E-state index in [1.165, 1.54) is 0 Å². The number of carbonyl (C=O) groups is 1. The fraction of sp³-hybridized carbons (Fsp3) is 0.857. The first kappa shape index (κ1) is 9.28. The highest BCUT2D eigenvalue weighted by Crippen LogP contribution is 2.03. The van der Waals surface area contributed by atoms with Crippen LogP contribution < -0.4 is 5.73 Å². The molecule has 12 heavy (non-hydrogen) atoms. The van der Waals surface area contributed by atoms with E-state index in [2.05, 4.69) is 9.64 Å². The van der Waals surface area contributed by atoms with Crippen LogP contribution in [-0.2, 0) is 9.47 Å². The topological polar surface area (TPSA) is 64.8 Å². The molecule has 1 aliphatic rings. The highest BCUT2D eigenvalue weighted by molar-refractivity contribution is 5.64. The van der Waals surface area contributed by atoms with Crippen LogP contribution in [0, 0.1) is 0 Å². The number of hydrogen-bond acceptors (Lipinski definition) is 4. The second kappa shape index (κ2) is 4.27. The van der Waals surface area contributed by atoms with Gasteiger partial charge in [0, 0.05) is 6.54 Å². The third kappa shape index (κ3) is 2.67. The summed E-state index contributed by atoms with van der Waals surface area (Å²) >= 11 is 0. The Labute approximate surface area is 71.4 Å². The molecule has 1 heterocycles. The molecule has 0 spiro atoms. The van der Waals surface area contributed by atoms with Crippen molar-refractivity contribution in [3.05, 3.63) is 0 Å². The molecule has 0 aliphatic carbocycles. The predicted octanol–water partition coefficient (Wildman–Crippen LogP) is -0.588. The van der Waals surface area contributed by atoms with Crippen LogP contribution in [0.15, 0.2) is 0 Å². The lowest BCUT2D eigenvalue weighted by molar-refractivity contribution is -0.0174. The van der Waals surface area contributed by atoms with Gasteiger partial charge in [0.05, 0.1) is 19.3 Å². The van der Waals surface area contributed by atoms with E-state index in [4.69, 9.17) is 10.5 Å². The van der Waals surface area contributed by atoms with Crippen molar-refractivity contribution < 1.29 is 14.3 Å². The summed E-state index contributed by atoms with van der Waals surface area (Å²) in [5.41, 5.74) is 4.83. The molecule has 0 aromatic carbocycles. The van der Waals surface area contributed by atoms with Crippen molar-refractivity contribution in [1.29, 1.82) is 0 Å². The Morgan fingerprint density at radius 2 is 2.58 bits per heavy atom. The highest BCUT2D eigenvalue weighted by Gasteiger charge is 2.20. The molecular formula is C7H14N2O3. The van der Waals surface area contributed by atoms with Crippen LogP contribution in [0.1, 0.15) is 0 Å². The van der Waals surface area contributed by atoms with Crippen LogP contribution in [-0.4, -0.2) is 50.4 Å². The van der Waals surface area contributed by atoms with Crippen molar-refractivity contribution in [2.45, 2.75) is 6.04 Å². The average molecular weight is 174 g/mol. The van der Waals surface area contributed by atoms with Crippen molar-refractivity contribution in [2.75, 3.05) is 33.4 Å². The van der Waals surface area contributed by atoms with Gasteiger partial charge in [-0.3, -0.25) is 4.90 Å². The third-order valence-electron chi connectivity index (χ3n) is 1.94. The minimum absolute atomic E-state index is 0.145. The van der Waals surface area contributed by atoms with E-state index in [0.29, 0.717) is 13.2 Å². The lowest BCUT2D eigenvalue weighted by Gasteiger charge is -2.31. The summed E-state index contributed by atoms with van der Waals surface area (Å²) in [5, 5.41) is 0. The molecule has 0 radical (unpaired) electrons. The van der Waals surface area contributed by atoms with E-state index in [1.807, 2.05) is 7.05 Å². The molecule has 0 aromatic heterocycles. The second-order valence-electron chi connectivity index (χ2n) is 2.84. The zero-order chi connectivity index (χ0) is 8.97. The first-order valence-electron chi connectivity index (χ1n) is 3.90. The maximum Gasteiger partial charge on any atom is 0.404 e. The Bertz CT molecular complexity index is 163. The van der Waals surface area contributed by atoms with Gasteiger partial charge in [0.15, 0.2) is 0 Å². The van der Waals surface area contributed by atoms with Crippen molar-refractivity contribution in [1.82, 2.24) is 4.90 Å². The first-order valence-corrected chi connectivity index (χ1v) is 3.90. The van der Waals surface area contributed by atoms with Crippen LogP contribution in [0.25, 0.3) is 0 Å². The van der Waals surface area contributed by atoms with Gasteiger partial charge >= 0.3 is 6.09 Å². The largest absolute Gasteiger partial charge is 0.448 e. The maximum absolute atomic E-state index is 10.3.